The van der Waals surface area contributed by atoms with Gasteiger partial charge < -0.3 is 10.2 Å². The normalized spacial score (nSPS) is 10.5. The van der Waals surface area contributed by atoms with Crippen molar-refractivity contribution in [3.63, 3.8) is 0 Å². The summed E-state index contributed by atoms with van der Waals surface area (Å²) >= 11 is 0. The van der Waals surface area contributed by atoms with Gasteiger partial charge in [-0.1, -0.05) is 0 Å². The van der Waals surface area contributed by atoms with E-state index in [1.54, 1.807) is 65.4 Å². The molecule has 0 unspecified atom stereocenters. The summed E-state index contributed by atoms with van der Waals surface area (Å²) in [4.78, 5) is 30.7. The van der Waals surface area contributed by atoms with E-state index in [1.165, 1.54) is 0 Å². The van der Waals surface area contributed by atoms with E-state index in [0.717, 1.165) is 22.2 Å². The van der Waals surface area contributed by atoms with Crippen molar-refractivity contribution >= 4 is 29.0 Å². The molecule has 0 bridgehead atoms. The van der Waals surface area contributed by atoms with E-state index in [-0.39, 0.29) is 11.9 Å². The summed E-state index contributed by atoms with van der Waals surface area (Å²) < 4.78 is 1.69. The third-order valence-electron chi connectivity index (χ3n) is 5.44. The molecule has 170 valence electrons. The topological polar surface area (TPSA) is 115 Å². The largest absolute Gasteiger partial charge is 0.338 e. The van der Waals surface area contributed by atoms with E-state index in [1.807, 2.05) is 26.0 Å². The van der Waals surface area contributed by atoms with Gasteiger partial charge in [0.15, 0.2) is 0 Å². The van der Waals surface area contributed by atoms with Gasteiger partial charge >= 0.3 is 6.03 Å². The molecule has 0 saturated heterocycles. The number of fused-ring (bicyclic) bond motifs is 1. The van der Waals surface area contributed by atoms with Crippen molar-refractivity contribution in [2.45, 2.75) is 13.8 Å². The maximum absolute atomic E-state index is 13.2. The summed E-state index contributed by atoms with van der Waals surface area (Å²) in [5, 5.41) is 18.8. The Balaban J connectivity index is 1.61. The molecule has 0 saturated carbocycles. The van der Waals surface area contributed by atoms with Crippen LogP contribution in [0.15, 0.2) is 61.1 Å². The second kappa shape index (κ2) is 9.42. The number of aryl methyl sites for hydroxylation is 1. The molecule has 1 aromatic carbocycles. The molecular weight excluding hydrogens is 430 g/mol. The van der Waals surface area contributed by atoms with Gasteiger partial charge in [-0.05, 0) is 61.9 Å². The van der Waals surface area contributed by atoms with Crippen LogP contribution in [0.1, 0.15) is 28.4 Å². The van der Waals surface area contributed by atoms with Gasteiger partial charge in [-0.2, -0.15) is 10.4 Å². The van der Waals surface area contributed by atoms with Gasteiger partial charge in [0.05, 0.1) is 23.3 Å². The van der Waals surface area contributed by atoms with Crippen LogP contribution in [0.25, 0.3) is 16.6 Å². The van der Waals surface area contributed by atoms with E-state index >= 15 is 0 Å². The van der Waals surface area contributed by atoms with Crippen LogP contribution in [0.2, 0.25) is 0 Å². The van der Waals surface area contributed by atoms with Gasteiger partial charge in [0.1, 0.15) is 5.82 Å². The first-order chi connectivity index (χ1) is 16.4. The molecule has 0 aliphatic heterocycles. The maximum atomic E-state index is 13.2. The van der Waals surface area contributed by atoms with Crippen LogP contribution in [0, 0.1) is 18.3 Å². The quantitative estimate of drug-likeness (QED) is 0.474. The molecular formula is C25H23N7O2. The van der Waals surface area contributed by atoms with Crippen LogP contribution in [-0.2, 0) is 0 Å². The molecule has 34 heavy (non-hydrogen) atoms. The smallest absolute Gasteiger partial charge is 0.320 e. The Morgan fingerprint density at radius 2 is 1.97 bits per heavy atom. The van der Waals surface area contributed by atoms with Crippen molar-refractivity contribution in [1.29, 1.82) is 5.26 Å². The first-order valence-corrected chi connectivity index (χ1v) is 10.7. The average Bonchev–Trinajstić information content (AvgIpc) is 3.27. The molecule has 4 aromatic rings. The number of rotatable bonds is 5. The highest BCUT2D eigenvalue weighted by atomic mass is 16.2. The van der Waals surface area contributed by atoms with Crippen molar-refractivity contribution in [2.75, 3.05) is 23.8 Å². The first-order valence-electron chi connectivity index (χ1n) is 10.7. The highest BCUT2D eigenvalue weighted by Gasteiger charge is 2.17. The van der Waals surface area contributed by atoms with Crippen LogP contribution >= 0.6 is 0 Å². The molecule has 3 amide bonds. The molecule has 0 radical (unpaired) electrons. The van der Waals surface area contributed by atoms with Crippen molar-refractivity contribution < 1.29 is 9.59 Å². The number of benzene rings is 1. The fraction of sp³-hybridized carbons (Fsp3) is 0.160. The SMILES string of the molecule is CCNC(=O)Nc1ccc(-c2cnn3ccc(C(=O)N(C)c4ccc(C#N)c(C)c4)cc23)cn1. The third kappa shape index (κ3) is 4.42. The minimum absolute atomic E-state index is 0.182. The lowest BCUT2D eigenvalue weighted by Crippen LogP contribution is -2.28. The van der Waals surface area contributed by atoms with Crippen LogP contribution < -0.4 is 15.5 Å². The molecule has 0 fully saturated rings. The van der Waals surface area contributed by atoms with Gasteiger partial charge in [0.25, 0.3) is 5.91 Å². The van der Waals surface area contributed by atoms with Crippen LogP contribution in [-0.4, -0.2) is 40.1 Å². The lowest BCUT2D eigenvalue weighted by Gasteiger charge is -2.18. The number of carbonyl (C=O) groups is 2. The molecule has 9 heteroatoms. The highest BCUT2D eigenvalue weighted by molar-refractivity contribution is 6.06. The first kappa shape index (κ1) is 22.5. The maximum Gasteiger partial charge on any atom is 0.320 e. The number of hydrogen-bond donors (Lipinski definition) is 2. The lowest BCUT2D eigenvalue weighted by atomic mass is 10.1. The average molecular weight is 454 g/mol. The zero-order chi connectivity index (χ0) is 24.2. The molecule has 4 rings (SSSR count). The molecule has 3 heterocycles. The Bertz CT molecular complexity index is 1420. The number of anilines is 2. The van der Waals surface area contributed by atoms with Gasteiger partial charge in [0.2, 0.25) is 0 Å². The molecule has 0 atom stereocenters. The number of urea groups is 1. The number of amides is 3. The number of carbonyl (C=O) groups excluding carboxylic acids is 2. The number of pyridine rings is 2. The molecule has 0 aliphatic carbocycles. The fourth-order valence-electron chi connectivity index (χ4n) is 3.58. The van der Waals surface area contributed by atoms with E-state index in [0.29, 0.717) is 29.2 Å². The van der Waals surface area contributed by atoms with E-state index in [4.69, 9.17) is 5.26 Å². The Kier molecular flexibility index (Phi) is 6.23. The summed E-state index contributed by atoms with van der Waals surface area (Å²) in [5.41, 5.74) is 4.96. The predicted molar refractivity (Wildman–Crippen MR) is 130 cm³/mol. The molecule has 2 N–H and O–H groups in total. The standard InChI is InChI=1S/C25H23N7O2/c1-4-27-25(34)30-23-8-6-19(14-28-23)21-15-29-32-10-9-17(12-22(21)32)24(33)31(3)20-7-5-18(13-26)16(2)11-20/h5-12,14-15H,4H2,1-3H3,(H2,27,28,30,34). The lowest BCUT2D eigenvalue weighted by molar-refractivity contribution is 0.0993. The predicted octanol–water partition coefficient (Wildman–Crippen LogP) is 3.99. The van der Waals surface area contributed by atoms with Crippen molar-refractivity contribution in [3.05, 3.63) is 77.7 Å². The number of nitrogens with one attached hydrogen (secondary N) is 2. The Labute approximate surface area is 196 Å². The monoisotopic (exact) mass is 453 g/mol. The second-order valence-electron chi connectivity index (χ2n) is 7.70. The Morgan fingerprint density at radius 3 is 2.65 bits per heavy atom. The van der Waals surface area contributed by atoms with Crippen LogP contribution in [0.5, 0.6) is 0 Å². The Morgan fingerprint density at radius 1 is 1.15 bits per heavy atom. The zero-order valence-corrected chi connectivity index (χ0v) is 19.0. The van der Waals surface area contributed by atoms with Crippen molar-refractivity contribution in [3.8, 4) is 17.2 Å². The number of hydrogen-bond acceptors (Lipinski definition) is 5. The molecule has 9 nitrogen and oxygen atoms in total. The highest BCUT2D eigenvalue weighted by Crippen LogP contribution is 2.26. The number of aromatic nitrogens is 3. The van der Waals surface area contributed by atoms with Crippen LogP contribution in [0.4, 0.5) is 16.3 Å². The summed E-state index contributed by atoms with van der Waals surface area (Å²) in [6.45, 7) is 4.20. The van der Waals surface area contributed by atoms with Gasteiger partial charge in [0, 0.05) is 48.4 Å². The molecule has 0 spiro atoms. The summed E-state index contributed by atoms with van der Waals surface area (Å²) in [6.07, 6.45) is 5.10. The summed E-state index contributed by atoms with van der Waals surface area (Å²) in [7, 11) is 1.70. The van der Waals surface area contributed by atoms with Gasteiger partial charge in [-0.15, -0.1) is 0 Å². The van der Waals surface area contributed by atoms with E-state index < -0.39 is 0 Å². The molecule has 0 aliphatic rings. The minimum atomic E-state index is -0.316. The Hall–Kier alpha value is -4.71. The molecule has 3 aromatic heterocycles. The summed E-state index contributed by atoms with van der Waals surface area (Å²) in [6, 6.07) is 14.2. The third-order valence-corrected chi connectivity index (χ3v) is 5.44. The van der Waals surface area contributed by atoms with Crippen molar-refractivity contribution in [2.24, 2.45) is 0 Å². The zero-order valence-electron chi connectivity index (χ0n) is 19.0. The minimum Gasteiger partial charge on any atom is -0.338 e. The second-order valence-corrected chi connectivity index (χ2v) is 7.70. The van der Waals surface area contributed by atoms with Gasteiger partial charge in [-0.3, -0.25) is 10.1 Å². The van der Waals surface area contributed by atoms with Crippen LogP contribution in [0.3, 0.4) is 0 Å². The van der Waals surface area contributed by atoms with E-state index in [2.05, 4.69) is 26.8 Å². The van der Waals surface area contributed by atoms with E-state index in [9.17, 15) is 9.59 Å². The number of nitrogens with zero attached hydrogens (tertiary/aromatic N) is 5. The number of nitriles is 1. The fourth-order valence-corrected chi connectivity index (χ4v) is 3.58. The van der Waals surface area contributed by atoms with Crippen molar-refractivity contribution in [1.82, 2.24) is 19.9 Å². The summed E-state index contributed by atoms with van der Waals surface area (Å²) in [5.74, 6) is 0.250. The van der Waals surface area contributed by atoms with Gasteiger partial charge in [-0.25, -0.2) is 14.3 Å².